The van der Waals surface area contributed by atoms with Crippen LogP contribution in [-0.4, -0.2) is 29.4 Å². The molecule has 0 saturated heterocycles. The Morgan fingerprint density at radius 1 is 1.17 bits per heavy atom. The monoisotopic (exact) mass is 251 g/mol. The second-order valence-corrected chi connectivity index (χ2v) is 5.78. The van der Waals surface area contributed by atoms with Crippen LogP contribution in [0.15, 0.2) is 24.3 Å². The fourth-order valence-electron chi connectivity index (χ4n) is 1.87. The first kappa shape index (κ1) is 15.2. The van der Waals surface area contributed by atoms with Gasteiger partial charge < -0.3 is 15.5 Å². The zero-order valence-electron chi connectivity index (χ0n) is 11.8. The van der Waals surface area contributed by atoms with Gasteiger partial charge in [0.1, 0.15) is 0 Å². The lowest BCUT2D eigenvalue weighted by atomic mass is 9.86. The number of aliphatic hydroxyl groups is 2. The summed E-state index contributed by atoms with van der Waals surface area (Å²) in [7, 11) is 0. The molecule has 1 aromatic carbocycles. The van der Waals surface area contributed by atoms with E-state index in [2.05, 4.69) is 38.2 Å². The van der Waals surface area contributed by atoms with E-state index in [9.17, 15) is 5.11 Å². The summed E-state index contributed by atoms with van der Waals surface area (Å²) in [5.41, 5.74) is 2.29. The van der Waals surface area contributed by atoms with Crippen LogP contribution >= 0.6 is 0 Å². The molecule has 0 saturated carbocycles. The molecule has 0 amide bonds. The number of aliphatic hydroxyl groups excluding tert-OH is 2. The Labute approximate surface area is 110 Å². The summed E-state index contributed by atoms with van der Waals surface area (Å²) in [6.07, 6.45) is -0.550. The number of benzene rings is 1. The summed E-state index contributed by atoms with van der Waals surface area (Å²) in [6, 6.07) is 8.01. The standard InChI is InChI=1S/C15H25NO2/c1-11(16-9-10-17)14(18)12-5-7-13(8-6-12)15(2,3)4/h5-8,11,14,16-18H,9-10H2,1-4H3. The van der Waals surface area contributed by atoms with E-state index in [-0.39, 0.29) is 18.1 Å². The van der Waals surface area contributed by atoms with Crippen molar-refractivity contribution >= 4 is 0 Å². The second kappa shape index (κ2) is 6.32. The van der Waals surface area contributed by atoms with Gasteiger partial charge in [0.2, 0.25) is 0 Å². The quantitative estimate of drug-likeness (QED) is 0.750. The van der Waals surface area contributed by atoms with Crippen LogP contribution in [0.2, 0.25) is 0 Å². The lowest BCUT2D eigenvalue weighted by molar-refractivity contribution is 0.132. The van der Waals surface area contributed by atoms with E-state index in [0.717, 1.165) is 5.56 Å². The van der Waals surface area contributed by atoms with E-state index in [1.807, 2.05) is 19.1 Å². The van der Waals surface area contributed by atoms with E-state index in [0.29, 0.717) is 6.54 Å². The first-order valence-electron chi connectivity index (χ1n) is 6.49. The summed E-state index contributed by atoms with van der Waals surface area (Å²) in [4.78, 5) is 0. The minimum Gasteiger partial charge on any atom is -0.395 e. The first-order valence-corrected chi connectivity index (χ1v) is 6.49. The van der Waals surface area contributed by atoms with Gasteiger partial charge in [-0.05, 0) is 23.5 Å². The van der Waals surface area contributed by atoms with Crippen LogP contribution in [0.1, 0.15) is 44.9 Å². The van der Waals surface area contributed by atoms with Gasteiger partial charge in [0.25, 0.3) is 0 Å². The van der Waals surface area contributed by atoms with Gasteiger partial charge in [0.15, 0.2) is 0 Å². The molecule has 1 rings (SSSR count). The van der Waals surface area contributed by atoms with Gasteiger partial charge in [-0.3, -0.25) is 0 Å². The minimum absolute atomic E-state index is 0.0716. The Hall–Kier alpha value is -0.900. The van der Waals surface area contributed by atoms with Gasteiger partial charge >= 0.3 is 0 Å². The molecule has 2 atom stereocenters. The third-order valence-corrected chi connectivity index (χ3v) is 3.17. The Kier molecular flexibility index (Phi) is 5.32. The van der Waals surface area contributed by atoms with Crippen LogP contribution in [0.5, 0.6) is 0 Å². The summed E-state index contributed by atoms with van der Waals surface area (Å²) in [5.74, 6) is 0. The van der Waals surface area contributed by atoms with Crippen LogP contribution in [0.25, 0.3) is 0 Å². The van der Waals surface area contributed by atoms with Crippen molar-refractivity contribution in [3.8, 4) is 0 Å². The molecule has 0 aromatic heterocycles. The minimum atomic E-state index is -0.550. The largest absolute Gasteiger partial charge is 0.395 e. The smallest absolute Gasteiger partial charge is 0.0940 e. The molecule has 0 heterocycles. The van der Waals surface area contributed by atoms with E-state index in [4.69, 9.17) is 5.11 Å². The number of hydrogen-bond acceptors (Lipinski definition) is 3. The molecule has 0 aliphatic rings. The fourth-order valence-corrected chi connectivity index (χ4v) is 1.87. The van der Waals surface area contributed by atoms with Crippen LogP contribution in [-0.2, 0) is 5.41 Å². The third-order valence-electron chi connectivity index (χ3n) is 3.17. The fraction of sp³-hybridized carbons (Fsp3) is 0.600. The molecule has 0 spiro atoms. The molecular weight excluding hydrogens is 226 g/mol. The molecule has 0 fully saturated rings. The lowest BCUT2D eigenvalue weighted by Gasteiger charge is -2.23. The van der Waals surface area contributed by atoms with E-state index in [1.54, 1.807) is 0 Å². The Morgan fingerprint density at radius 2 is 1.72 bits per heavy atom. The van der Waals surface area contributed by atoms with Crippen molar-refractivity contribution in [1.29, 1.82) is 0 Å². The average molecular weight is 251 g/mol. The molecule has 3 heteroatoms. The summed E-state index contributed by atoms with van der Waals surface area (Å²) >= 11 is 0. The lowest BCUT2D eigenvalue weighted by Crippen LogP contribution is -2.34. The van der Waals surface area contributed by atoms with Crippen molar-refractivity contribution < 1.29 is 10.2 Å². The highest BCUT2D eigenvalue weighted by atomic mass is 16.3. The van der Waals surface area contributed by atoms with Crippen molar-refractivity contribution in [2.75, 3.05) is 13.2 Å². The van der Waals surface area contributed by atoms with Gasteiger partial charge in [-0.1, -0.05) is 45.0 Å². The average Bonchev–Trinajstić information content (AvgIpc) is 2.34. The van der Waals surface area contributed by atoms with E-state index in [1.165, 1.54) is 5.56 Å². The highest BCUT2D eigenvalue weighted by Crippen LogP contribution is 2.24. The Bertz CT molecular complexity index is 354. The number of nitrogens with one attached hydrogen (secondary N) is 1. The summed E-state index contributed by atoms with van der Waals surface area (Å²) in [5, 5.41) is 22.0. The Morgan fingerprint density at radius 3 is 2.17 bits per heavy atom. The van der Waals surface area contributed by atoms with Crippen LogP contribution < -0.4 is 5.32 Å². The highest BCUT2D eigenvalue weighted by Gasteiger charge is 2.17. The summed E-state index contributed by atoms with van der Waals surface area (Å²) in [6.45, 7) is 9.01. The number of rotatable bonds is 5. The summed E-state index contributed by atoms with van der Waals surface area (Å²) < 4.78 is 0. The molecule has 3 N–H and O–H groups in total. The third kappa shape index (κ3) is 4.09. The topological polar surface area (TPSA) is 52.5 Å². The SMILES string of the molecule is CC(NCCO)C(O)c1ccc(C(C)(C)C)cc1. The molecule has 3 nitrogen and oxygen atoms in total. The maximum Gasteiger partial charge on any atom is 0.0940 e. The predicted octanol–water partition coefficient (Wildman–Crippen LogP) is 1.99. The van der Waals surface area contributed by atoms with E-state index >= 15 is 0 Å². The molecular formula is C15H25NO2. The van der Waals surface area contributed by atoms with Crippen molar-refractivity contribution in [3.63, 3.8) is 0 Å². The van der Waals surface area contributed by atoms with Gasteiger partial charge in [-0.25, -0.2) is 0 Å². The molecule has 0 bridgehead atoms. The van der Waals surface area contributed by atoms with Crippen molar-refractivity contribution in [2.45, 2.75) is 45.3 Å². The van der Waals surface area contributed by atoms with Crippen LogP contribution in [0.3, 0.4) is 0 Å². The van der Waals surface area contributed by atoms with Gasteiger partial charge in [0, 0.05) is 12.6 Å². The van der Waals surface area contributed by atoms with Crippen molar-refractivity contribution in [3.05, 3.63) is 35.4 Å². The molecule has 1 aromatic rings. The zero-order chi connectivity index (χ0) is 13.8. The van der Waals surface area contributed by atoms with Gasteiger partial charge in [0.05, 0.1) is 12.7 Å². The number of hydrogen-bond donors (Lipinski definition) is 3. The van der Waals surface area contributed by atoms with Crippen LogP contribution in [0.4, 0.5) is 0 Å². The second-order valence-electron chi connectivity index (χ2n) is 5.78. The Balaban J connectivity index is 2.72. The van der Waals surface area contributed by atoms with Gasteiger partial charge in [-0.2, -0.15) is 0 Å². The van der Waals surface area contributed by atoms with Crippen LogP contribution in [0, 0.1) is 0 Å². The maximum absolute atomic E-state index is 10.2. The molecule has 0 aliphatic heterocycles. The van der Waals surface area contributed by atoms with Crippen molar-refractivity contribution in [1.82, 2.24) is 5.32 Å². The van der Waals surface area contributed by atoms with Crippen molar-refractivity contribution in [2.24, 2.45) is 0 Å². The predicted molar refractivity (Wildman–Crippen MR) is 74.7 cm³/mol. The van der Waals surface area contributed by atoms with E-state index < -0.39 is 6.10 Å². The molecule has 102 valence electrons. The maximum atomic E-state index is 10.2. The molecule has 18 heavy (non-hydrogen) atoms. The normalized spacial score (nSPS) is 15.4. The molecule has 0 aliphatic carbocycles. The molecule has 2 unspecified atom stereocenters. The molecule has 0 radical (unpaired) electrons. The first-order chi connectivity index (χ1) is 8.36. The zero-order valence-corrected chi connectivity index (χ0v) is 11.8. The van der Waals surface area contributed by atoms with Gasteiger partial charge in [-0.15, -0.1) is 0 Å². The highest BCUT2D eigenvalue weighted by molar-refractivity contribution is 5.29.